The van der Waals surface area contributed by atoms with Gasteiger partial charge in [-0.3, -0.25) is 0 Å². The third-order valence-corrected chi connectivity index (χ3v) is 4.37. The molecule has 3 nitrogen and oxygen atoms in total. The lowest BCUT2D eigenvalue weighted by atomic mass is 10.1. The van der Waals surface area contributed by atoms with Crippen molar-refractivity contribution < 1.29 is 9.47 Å². The zero-order valence-electron chi connectivity index (χ0n) is 14.9. The fraction of sp³-hybridized carbons (Fsp3) is 0.333. The van der Waals surface area contributed by atoms with E-state index in [0.717, 1.165) is 5.75 Å². The van der Waals surface area contributed by atoms with Gasteiger partial charge in [-0.1, -0.05) is 24.3 Å². The maximum atomic E-state index is 6.11. The molecule has 0 aliphatic rings. The van der Waals surface area contributed by atoms with Crippen LogP contribution in [0.5, 0.6) is 5.75 Å². The second kappa shape index (κ2) is 7.10. The third kappa shape index (κ3) is 3.31. The van der Waals surface area contributed by atoms with Gasteiger partial charge < -0.3 is 14.0 Å². The Bertz CT molecular complexity index is 828. The van der Waals surface area contributed by atoms with Crippen molar-refractivity contribution in [3.8, 4) is 5.75 Å². The highest BCUT2D eigenvalue weighted by Gasteiger charge is 2.15. The van der Waals surface area contributed by atoms with E-state index in [1.165, 1.54) is 33.3 Å². The normalized spacial score (nSPS) is 11.2. The van der Waals surface area contributed by atoms with Crippen LogP contribution in [-0.4, -0.2) is 11.2 Å². The van der Waals surface area contributed by atoms with Crippen LogP contribution in [0.4, 0.5) is 0 Å². The number of nitrogens with zero attached hydrogens (tertiary/aromatic N) is 1. The van der Waals surface area contributed by atoms with Gasteiger partial charge in [0.2, 0.25) is 0 Å². The molecule has 0 saturated carbocycles. The van der Waals surface area contributed by atoms with Crippen LogP contribution in [0.25, 0.3) is 10.9 Å². The predicted molar refractivity (Wildman–Crippen MR) is 98.5 cm³/mol. The average Bonchev–Trinajstić information content (AvgIpc) is 2.82. The summed E-state index contributed by atoms with van der Waals surface area (Å²) in [6.45, 7) is 8.08. The summed E-state index contributed by atoms with van der Waals surface area (Å²) >= 11 is 0. The van der Waals surface area contributed by atoms with Gasteiger partial charge in [0, 0.05) is 30.1 Å². The lowest BCUT2D eigenvalue weighted by Crippen LogP contribution is -2.06. The molecule has 0 bridgehead atoms. The van der Waals surface area contributed by atoms with E-state index in [1.807, 2.05) is 6.92 Å². The highest BCUT2D eigenvalue weighted by molar-refractivity contribution is 5.85. The molecule has 0 amide bonds. The summed E-state index contributed by atoms with van der Waals surface area (Å²) in [6, 6.07) is 14.8. The van der Waals surface area contributed by atoms with Gasteiger partial charge in [0.15, 0.2) is 0 Å². The second-order valence-electron chi connectivity index (χ2n) is 6.25. The molecule has 0 atom stereocenters. The minimum absolute atomic E-state index is 0.538. The van der Waals surface area contributed by atoms with Gasteiger partial charge in [0.25, 0.3) is 0 Å². The van der Waals surface area contributed by atoms with Gasteiger partial charge in [0.05, 0.1) is 12.3 Å². The van der Waals surface area contributed by atoms with E-state index in [0.29, 0.717) is 19.8 Å². The highest BCUT2D eigenvalue weighted by atomic mass is 16.5. The van der Waals surface area contributed by atoms with E-state index in [4.69, 9.17) is 9.47 Å². The van der Waals surface area contributed by atoms with E-state index in [9.17, 15) is 0 Å². The van der Waals surface area contributed by atoms with Gasteiger partial charge in [-0.2, -0.15) is 0 Å². The maximum Gasteiger partial charge on any atom is 0.129 e. The molecule has 3 aromatic rings. The second-order valence-corrected chi connectivity index (χ2v) is 6.25. The smallest absolute Gasteiger partial charge is 0.129 e. The molecule has 1 aromatic heterocycles. The van der Waals surface area contributed by atoms with Crippen LogP contribution in [0.3, 0.4) is 0 Å². The molecular formula is C21H25NO2. The van der Waals surface area contributed by atoms with Crippen molar-refractivity contribution >= 4 is 10.9 Å². The number of ether oxygens (including phenoxy) is 2. The molecule has 126 valence electrons. The first-order valence-corrected chi connectivity index (χ1v) is 8.44. The topological polar surface area (TPSA) is 23.4 Å². The Morgan fingerprint density at radius 3 is 2.38 bits per heavy atom. The van der Waals surface area contributed by atoms with Gasteiger partial charge in [-0.25, -0.2) is 0 Å². The summed E-state index contributed by atoms with van der Waals surface area (Å²) < 4.78 is 14.0. The molecule has 24 heavy (non-hydrogen) atoms. The van der Waals surface area contributed by atoms with Crippen molar-refractivity contribution in [3.63, 3.8) is 0 Å². The van der Waals surface area contributed by atoms with Crippen molar-refractivity contribution in [3.05, 3.63) is 64.8 Å². The first-order chi connectivity index (χ1) is 11.6. The Kier molecular flexibility index (Phi) is 4.91. The number of aromatic nitrogens is 1. The molecule has 2 aromatic carbocycles. The Balaban J connectivity index is 1.94. The Labute approximate surface area is 143 Å². The largest absolute Gasteiger partial charge is 0.487 e. The van der Waals surface area contributed by atoms with Crippen molar-refractivity contribution in [2.24, 2.45) is 7.05 Å². The van der Waals surface area contributed by atoms with Gasteiger partial charge in [-0.05, 0) is 50.1 Å². The number of rotatable bonds is 6. The van der Waals surface area contributed by atoms with Crippen molar-refractivity contribution in [1.29, 1.82) is 0 Å². The Morgan fingerprint density at radius 2 is 1.67 bits per heavy atom. The summed E-state index contributed by atoms with van der Waals surface area (Å²) in [5.74, 6) is 0.917. The van der Waals surface area contributed by atoms with Crippen LogP contribution in [0.1, 0.15) is 29.3 Å². The SMILES string of the molecule is CCOCc1c(COc2cc(C)cc(C)c2)n(C)c2ccccc12. The molecule has 0 unspecified atom stereocenters. The Morgan fingerprint density at radius 1 is 0.958 bits per heavy atom. The van der Waals surface area contributed by atoms with Crippen molar-refractivity contribution in [2.75, 3.05) is 6.61 Å². The minimum atomic E-state index is 0.538. The summed E-state index contributed by atoms with van der Waals surface area (Å²) in [5.41, 5.74) is 6.04. The average molecular weight is 323 g/mol. The predicted octanol–water partition coefficient (Wildman–Crippen LogP) is 4.91. The highest BCUT2D eigenvalue weighted by Crippen LogP contribution is 2.27. The van der Waals surface area contributed by atoms with Crippen molar-refractivity contribution in [2.45, 2.75) is 34.0 Å². The maximum absolute atomic E-state index is 6.11. The Hall–Kier alpha value is -2.26. The monoisotopic (exact) mass is 323 g/mol. The molecule has 3 rings (SSSR count). The van der Waals surface area contributed by atoms with Crippen LogP contribution in [0, 0.1) is 13.8 Å². The fourth-order valence-corrected chi connectivity index (χ4v) is 3.24. The van der Waals surface area contributed by atoms with E-state index in [-0.39, 0.29) is 0 Å². The van der Waals surface area contributed by atoms with Crippen molar-refractivity contribution in [1.82, 2.24) is 4.57 Å². The first kappa shape index (κ1) is 16.6. The number of hydrogen-bond donors (Lipinski definition) is 0. The molecule has 0 radical (unpaired) electrons. The van der Waals surface area contributed by atoms with Crippen LogP contribution in [0.2, 0.25) is 0 Å². The summed E-state index contributed by atoms with van der Waals surface area (Å²) in [5, 5.41) is 1.24. The first-order valence-electron chi connectivity index (χ1n) is 8.44. The van der Waals surface area contributed by atoms with Crippen LogP contribution in [-0.2, 0) is 25.0 Å². The van der Waals surface area contributed by atoms with Gasteiger partial charge >= 0.3 is 0 Å². The minimum Gasteiger partial charge on any atom is -0.487 e. The molecule has 1 heterocycles. The molecule has 0 N–H and O–H groups in total. The van der Waals surface area contributed by atoms with Crippen LogP contribution >= 0.6 is 0 Å². The molecule has 0 fully saturated rings. The summed E-state index contributed by atoms with van der Waals surface area (Å²) in [4.78, 5) is 0. The number of para-hydroxylation sites is 1. The lowest BCUT2D eigenvalue weighted by molar-refractivity contribution is 0.133. The van der Waals surface area contributed by atoms with E-state index < -0.39 is 0 Å². The van der Waals surface area contributed by atoms with Gasteiger partial charge in [-0.15, -0.1) is 0 Å². The molecular weight excluding hydrogens is 298 g/mol. The number of hydrogen-bond acceptors (Lipinski definition) is 2. The van der Waals surface area contributed by atoms with Crippen LogP contribution < -0.4 is 4.74 Å². The molecule has 0 aliphatic carbocycles. The molecule has 0 saturated heterocycles. The standard InChI is InChI=1S/C21H25NO2/c1-5-23-13-19-18-8-6-7-9-20(18)22(4)21(19)14-24-17-11-15(2)10-16(3)12-17/h6-12H,5,13-14H2,1-4H3. The number of aryl methyl sites for hydroxylation is 3. The lowest BCUT2D eigenvalue weighted by Gasteiger charge is -2.12. The zero-order chi connectivity index (χ0) is 17.1. The molecule has 0 aliphatic heterocycles. The van der Waals surface area contributed by atoms with E-state index >= 15 is 0 Å². The zero-order valence-corrected chi connectivity index (χ0v) is 14.9. The van der Waals surface area contributed by atoms with Crippen LogP contribution in [0.15, 0.2) is 42.5 Å². The number of fused-ring (bicyclic) bond motifs is 1. The summed E-state index contributed by atoms with van der Waals surface area (Å²) in [6.07, 6.45) is 0. The third-order valence-electron chi connectivity index (χ3n) is 4.37. The molecule has 0 spiro atoms. The van der Waals surface area contributed by atoms with E-state index in [1.54, 1.807) is 0 Å². The fourth-order valence-electron chi connectivity index (χ4n) is 3.24. The quantitative estimate of drug-likeness (QED) is 0.643. The van der Waals surface area contributed by atoms with Gasteiger partial charge in [0.1, 0.15) is 12.4 Å². The van der Waals surface area contributed by atoms with E-state index in [2.05, 4.69) is 67.9 Å². The number of benzene rings is 2. The summed E-state index contributed by atoms with van der Waals surface area (Å²) in [7, 11) is 2.10. The molecule has 3 heteroatoms.